The van der Waals surface area contributed by atoms with Gasteiger partial charge in [-0.25, -0.2) is 0 Å². The van der Waals surface area contributed by atoms with Gasteiger partial charge in [0.25, 0.3) is 0 Å². The quantitative estimate of drug-likeness (QED) is 0.729. The van der Waals surface area contributed by atoms with Gasteiger partial charge in [0, 0.05) is 12.6 Å². The molecule has 0 unspecified atom stereocenters. The number of piperidine rings is 1. The maximum absolute atomic E-state index is 11.9. The topological polar surface area (TPSA) is 24.5 Å². The van der Waals surface area contributed by atoms with E-state index < -0.39 is 12.8 Å². The number of halogens is 3. The number of alkyl halides is 3. The summed E-state index contributed by atoms with van der Waals surface area (Å²) in [6.07, 6.45) is -2.09. The van der Waals surface area contributed by atoms with Crippen LogP contribution in [0.15, 0.2) is 0 Å². The van der Waals surface area contributed by atoms with Crippen LogP contribution in [0, 0.1) is 0 Å². The molecule has 0 aromatic carbocycles. The summed E-state index contributed by atoms with van der Waals surface area (Å²) in [4.78, 5) is 2.21. The predicted octanol–water partition coefficient (Wildman–Crippen LogP) is 1.64. The average Bonchev–Trinajstić information content (AvgIpc) is 2.29. The van der Waals surface area contributed by atoms with Gasteiger partial charge in [-0.2, -0.15) is 13.2 Å². The van der Waals surface area contributed by atoms with Crippen LogP contribution >= 0.6 is 0 Å². The molecule has 0 saturated carbocycles. The highest BCUT2D eigenvalue weighted by Crippen LogP contribution is 2.15. The van der Waals surface area contributed by atoms with Gasteiger partial charge < -0.3 is 10.1 Å². The molecule has 0 spiro atoms. The summed E-state index contributed by atoms with van der Waals surface area (Å²) < 4.78 is 40.2. The van der Waals surface area contributed by atoms with E-state index in [2.05, 4.69) is 15.0 Å². The summed E-state index contributed by atoms with van der Waals surface area (Å²) >= 11 is 0. The maximum atomic E-state index is 11.9. The summed E-state index contributed by atoms with van der Waals surface area (Å²) in [6, 6.07) is 0.482. The van der Waals surface area contributed by atoms with Crippen LogP contribution in [0.5, 0.6) is 0 Å². The minimum Gasteiger partial charge on any atom is -0.371 e. The summed E-state index contributed by atoms with van der Waals surface area (Å²) in [6.45, 7) is 4.46. The Morgan fingerprint density at radius 3 is 2.47 bits per heavy atom. The van der Waals surface area contributed by atoms with Crippen molar-refractivity contribution >= 4 is 0 Å². The Bertz CT molecular complexity index is 205. The van der Waals surface area contributed by atoms with E-state index in [1.807, 2.05) is 6.92 Å². The van der Waals surface area contributed by atoms with Gasteiger partial charge >= 0.3 is 6.18 Å². The molecule has 1 aliphatic heterocycles. The van der Waals surface area contributed by atoms with E-state index in [1.165, 1.54) is 0 Å². The lowest BCUT2D eigenvalue weighted by Crippen LogP contribution is -2.44. The third-order valence-corrected chi connectivity index (χ3v) is 3.02. The number of hydrogen-bond donors (Lipinski definition) is 1. The lowest BCUT2D eigenvalue weighted by molar-refractivity contribution is -0.174. The molecular formula is C11H21F3N2O. The Labute approximate surface area is 100 Å². The van der Waals surface area contributed by atoms with Crippen molar-refractivity contribution in [3.8, 4) is 0 Å². The van der Waals surface area contributed by atoms with Crippen molar-refractivity contribution in [3.63, 3.8) is 0 Å². The van der Waals surface area contributed by atoms with E-state index in [9.17, 15) is 13.2 Å². The van der Waals surface area contributed by atoms with E-state index in [-0.39, 0.29) is 6.61 Å². The minimum atomic E-state index is -4.22. The third kappa shape index (κ3) is 6.24. The second-order valence-corrected chi connectivity index (χ2v) is 4.28. The Kier molecular flexibility index (Phi) is 6.22. The molecule has 1 rings (SSSR count). The largest absolute Gasteiger partial charge is 0.411 e. The van der Waals surface area contributed by atoms with Gasteiger partial charge in [-0.3, -0.25) is 4.90 Å². The molecule has 0 atom stereocenters. The highest BCUT2D eigenvalue weighted by molar-refractivity contribution is 4.76. The molecule has 17 heavy (non-hydrogen) atoms. The summed E-state index contributed by atoms with van der Waals surface area (Å²) in [5, 5.41) is 3.27. The van der Waals surface area contributed by atoms with Crippen molar-refractivity contribution in [3.05, 3.63) is 0 Å². The molecule has 1 saturated heterocycles. The first-order valence-corrected chi connectivity index (χ1v) is 6.12. The fourth-order valence-electron chi connectivity index (χ4n) is 2.14. The lowest BCUT2D eigenvalue weighted by atomic mass is 10.1. The van der Waals surface area contributed by atoms with E-state index in [4.69, 9.17) is 0 Å². The maximum Gasteiger partial charge on any atom is 0.411 e. The van der Waals surface area contributed by atoms with Crippen molar-refractivity contribution in [1.82, 2.24) is 10.2 Å². The van der Waals surface area contributed by atoms with Crippen LogP contribution in [0.1, 0.15) is 19.8 Å². The molecule has 0 aliphatic carbocycles. The first-order chi connectivity index (χ1) is 8.03. The number of nitrogens with one attached hydrogen (secondary N) is 1. The van der Waals surface area contributed by atoms with Gasteiger partial charge in [0.15, 0.2) is 0 Å². The molecule has 1 aliphatic rings. The summed E-state index contributed by atoms with van der Waals surface area (Å²) in [7, 11) is 0. The van der Waals surface area contributed by atoms with Crippen LogP contribution in [0.3, 0.4) is 0 Å². The van der Waals surface area contributed by atoms with Crippen molar-refractivity contribution in [2.24, 2.45) is 0 Å². The molecule has 102 valence electrons. The Morgan fingerprint density at radius 1 is 1.29 bits per heavy atom. The number of likely N-dealkylation sites (N-methyl/N-ethyl adjacent to an activating group) is 1. The molecule has 0 radical (unpaired) electrons. The van der Waals surface area contributed by atoms with Gasteiger partial charge in [-0.1, -0.05) is 6.92 Å². The van der Waals surface area contributed by atoms with Crippen molar-refractivity contribution in [2.75, 3.05) is 39.4 Å². The summed E-state index contributed by atoms with van der Waals surface area (Å²) in [5.74, 6) is 0. The molecule has 0 aromatic rings. The second kappa shape index (κ2) is 7.18. The zero-order valence-corrected chi connectivity index (χ0v) is 10.2. The highest BCUT2D eigenvalue weighted by atomic mass is 19.4. The van der Waals surface area contributed by atoms with Crippen LogP contribution in [0.4, 0.5) is 13.2 Å². The van der Waals surface area contributed by atoms with Crippen molar-refractivity contribution in [1.29, 1.82) is 0 Å². The fourth-order valence-corrected chi connectivity index (χ4v) is 2.14. The minimum absolute atomic E-state index is 0.150. The molecule has 0 amide bonds. The number of ether oxygens (including phenoxy) is 1. The van der Waals surface area contributed by atoms with Crippen LogP contribution in [0.2, 0.25) is 0 Å². The number of nitrogens with zero attached hydrogens (tertiary/aromatic N) is 1. The van der Waals surface area contributed by atoms with Gasteiger partial charge in [0.1, 0.15) is 6.61 Å². The van der Waals surface area contributed by atoms with Gasteiger partial charge in [0.2, 0.25) is 0 Å². The van der Waals surface area contributed by atoms with E-state index in [0.29, 0.717) is 12.6 Å². The van der Waals surface area contributed by atoms with E-state index in [1.54, 1.807) is 0 Å². The van der Waals surface area contributed by atoms with Crippen LogP contribution in [-0.2, 0) is 4.74 Å². The molecule has 3 nitrogen and oxygen atoms in total. The number of hydrogen-bond acceptors (Lipinski definition) is 3. The zero-order valence-electron chi connectivity index (χ0n) is 10.2. The van der Waals surface area contributed by atoms with E-state index in [0.717, 1.165) is 32.5 Å². The molecule has 1 fully saturated rings. The molecule has 1 heterocycles. The lowest BCUT2D eigenvalue weighted by Gasteiger charge is -2.33. The summed E-state index contributed by atoms with van der Waals surface area (Å²) in [5.41, 5.74) is 0. The van der Waals surface area contributed by atoms with Crippen LogP contribution in [0.25, 0.3) is 0 Å². The monoisotopic (exact) mass is 254 g/mol. The Balaban J connectivity index is 2.18. The smallest absolute Gasteiger partial charge is 0.371 e. The first-order valence-electron chi connectivity index (χ1n) is 6.12. The van der Waals surface area contributed by atoms with Gasteiger partial charge in [-0.15, -0.1) is 0 Å². The normalized spacial score (nSPS) is 18.9. The predicted molar refractivity (Wildman–Crippen MR) is 60.0 cm³/mol. The van der Waals surface area contributed by atoms with Crippen molar-refractivity contribution in [2.45, 2.75) is 32.0 Å². The highest BCUT2D eigenvalue weighted by Gasteiger charge is 2.27. The molecule has 0 aromatic heterocycles. The number of rotatable bonds is 6. The van der Waals surface area contributed by atoms with Crippen LogP contribution in [-0.4, -0.2) is 56.5 Å². The van der Waals surface area contributed by atoms with Crippen molar-refractivity contribution < 1.29 is 17.9 Å². The Hall–Kier alpha value is -0.330. The second-order valence-electron chi connectivity index (χ2n) is 4.28. The molecular weight excluding hydrogens is 233 g/mol. The molecule has 6 heteroatoms. The third-order valence-electron chi connectivity index (χ3n) is 3.02. The Morgan fingerprint density at radius 2 is 1.94 bits per heavy atom. The van der Waals surface area contributed by atoms with Gasteiger partial charge in [-0.05, 0) is 32.5 Å². The standard InChI is InChI=1S/C11H21F3N2O/c1-2-16(10-3-5-15-6-4-10)7-8-17-9-11(12,13)14/h10,15H,2-9H2,1H3. The SMILES string of the molecule is CCN(CCOCC(F)(F)F)C1CCNCC1. The molecule has 1 N–H and O–H groups in total. The average molecular weight is 254 g/mol. The van der Waals surface area contributed by atoms with E-state index >= 15 is 0 Å². The van der Waals surface area contributed by atoms with Crippen LogP contribution < -0.4 is 5.32 Å². The zero-order chi connectivity index (χ0) is 12.7. The molecule has 0 bridgehead atoms. The fraction of sp³-hybridized carbons (Fsp3) is 1.00. The first kappa shape index (κ1) is 14.7. The van der Waals surface area contributed by atoms with Gasteiger partial charge in [0.05, 0.1) is 6.61 Å².